The first-order valence-electron chi connectivity index (χ1n) is 11.8. The van der Waals surface area contributed by atoms with Crippen LogP contribution in [0.2, 0.25) is 0 Å². The van der Waals surface area contributed by atoms with Gasteiger partial charge in [0.2, 0.25) is 5.91 Å². The molecule has 0 spiro atoms. The predicted octanol–water partition coefficient (Wildman–Crippen LogP) is 1.62. The van der Waals surface area contributed by atoms with E-state index in [1.54, 1.807) is 0 Å². The third-order valence-corrected chi connectivity index (χ3v) is 7.95. The van der Waals surface area contributed by atoms with Crippen molar-refractivity contribution in [2.75, 3.05) is 6.54 Å². The van der Waals surface area contributed by atoms with Crippen molar-refractivity contribution in [3.63, 3.8) is 0 Å². The van der Waals surface area contributed by atoms with Gasteiger partial charge in [0.05, 0.1) is 11.8 Å². The maximum atomic E-state index is 13.0. The minimum absolute atomic E-state index is 0.0121. The Labute approximate surface area is 175 Å². The lowest BCUT2D eigenvalue weighted by Crippen LogP contribution is -2.54. The molecule has 1 amide bonds. The van der Waals surface area contributed by atoms with Crippen molar-refractivity contribution in [1.82, 2.24) is 21.4 Å². The fourth-order valence-electron chi connectivity index (χ4n) is 6.13. The Hall–Kier alpha value is -0.730. The van der Waals surface area contributed by atoms with Crippen molar-refractivity contribution in [1.29, 1.82) is 0 Å². The zero-order chi connectivity index (χ0) is 20.6. The summed E-state index contributed by atoms with van der Waals surface area (Å²) in [5, 5.41) is 20.7. The summed E-state index contributed by atoms with van der Waals surface area (Å²) < 4.78 is 0. The first kappa shape index (κ1) is 21.5. The number of nitrogens with one attached hydrogen (secondary N) is 4. The van der Waals surface area contributed by atoms with Crippen LogP contribution in [0.3, 0.4) is 0 Å². The van der Waals surface area contributed by atoms with E-state index in [0.717, 1.165) is 32.2 Å². The smallest absolute Gasteiger partial charge is 0.223 e. The van der Waals surface area contributed by atoms with Gasteiger partial charge < -0.3 is 15.7 Å². The lowest BCUT2D eigenvalue weighted by molar-refractivity contribution is -0.128. The van der Waals surface area contributed by atoms with Crippen LogP contribution in [0.5, 0.6) is 0 Å². The van der Waals surface area contributed by atoms with Gasteiger partial charge in [0.1, 0.15) is 6.23 Å². The van der Waals surface area contributed by atoms with E-state index >= 15 is 0 Å². The minimum Gasteiger partial charge on any atom is -0.389 e. The molecule has 2 heterocycles. The van der Waals surface area contributed by atoms with Gasteiger partial charge in [0.15, 0.2) is 0 Å². The molecule has 166 valence electrons. The van der Waals surface area contributed by atoms with Crippen molar-refractivity contribution in [2.24, 2.45) is 23.7 Å². The lowest BCUT2D eigenvalue weighted by atomic mass is 9.73. The number of rotatable bonds is 5. The van der Waals surface area contributed by atoms with Gasteiger partial charge in [0.25, 0.3) is 0 Å². The molecule has 4 aliphatic rings. The van der Waals surface area contributed by atoms with Gasteiger partial charge >= 0.3 is 0 Å². The van der Waals surface area contributed by atoms with Crippen LogP contribution in [0.1, 0.15) is 72.1 Å². The summed E-state index contributed by atoms with van der Waals surface area (Å²) in [5.74, 6) is 2.15. The molecule has 5 N–H and O–H groups in total. The van der Waals surface area contributed by atoms with Crippen molar-refractivity contribution in [2.45, 2.75) is 102 Å². The van der Waals surface area contributed by atoms with Crippen LogP contribution in [0.25, 0.3) is 0 Å². The molecule has 0 aromatic heterocycles. The maximum Gasteiger partial charge on any atom is 0.223 e. The second-order valence-electron chi connectivity index (χ2n) is 10.3. The largest absolute Gasteiger partial charge is 0.389 e. The second kappa shape index (κ2) is 8.79. The number of piperidine rings is 1. The zero-order valence-corrected chi connectivity index (χ0v) is 18.2. The molecule has 2 saturated carbocycles. The van der Waals surface area contributed by atoms with Crippen LogP contribution in [0.15, 0.2) is 0 Å². The van der Waals surface area contributed by atoms with Crippen LogP contribution in [-0.2, 0) is 9.63 Å². The predicted molar refractivity (Wildman–Crippen MR) is 112 cm³/mol. The lowest BCUT2D eigenvalue weighted by Gasteiger charge is -2.38. The summed E-state index contributed by atoms with van der Waals surface area (Å²) in [6, 6.07) is 0.312. The molecule has 8 atom stereocenters. The van der Waals surface area contributed by atoms with Crippen LogP contribution < -0.4 is 21.4 Å². The third kappa shape index (κ3) is 4.79. The number of carbonyl (C=O) groups is 1. The molecule has 0 aromatic rings. The molecular formula is C22H40N4O3. The van der Waals surface area contributed by atoms with Gasteiger partial charge in [-0.25, -0.2) is 0 Å². The Kier molecular flexibility index (Phi) is 6.52. The Morgan fingerprint density at radius 3 is 2.66 bits per heavy atom. The van der Waals surface area contributed by atoms with E-state index in [-0.39, 0.29) is 30.3 Å². The fourth-order valence-corrected chi connectivity index (χ4v) is 6.13. The number of fused-ring (bicyclic) bond motifs is 1. The first-order valence-corrected chi connectivity index (χ1v) is 11.8. The topological polar surface area (TPSA) is 94.7 Å². The molecule has 0 aromatic carbocycles. The Morgan fingerprint density at radius 1 is 1.14 bits per heavy atom. The van der Waals surface area contributed by atoms with Crippen LogP contribution in [-0.4, -0.2) is 47.6 Å². The van der Waals surface area contributed by atoms with E-state index in [1.807, 2.05) is 13.8 Å². The molecule has 2 aliphatic heterocycles. The summed E-state index contributed by atoms with van der Waals surface area (Å²) in [6.45, 7) is 6.59. The summed E-state index contributed by atoms with van der Waals surface area (Å²) in [5.41, 5.74) is 2.41. The van der Waals surface area contributed by atoms with Crippen molar-refractivity contribution < 1.29 is 14.7 Å². The second-order valence-corrected chi connectivity index (χ2v) is 10.3. The highest BCUT2D eigenvalue weighted by Crippen LogP contribution is 2.45. The molecule has 2 saturated heterocycles. The van der Waals surface area contributed by atoms with E-state index < -0.39 is 5.60 Å². The quantitative estimate of drug-likeness (QED) is 0.475. The highest BCUT2D eigenvalue weighted by Gasteiger charge is 2.44. The van der Waals surface area contributed by atoms with E-state index in [1.165, 1.54) is 25.7 Å². The van der Waals surface area contributed by atoms with Gasteiger partial charge in [0, 0.05) is 18.0 Å². The summed E-state index contributed by atoms with van der Waals surface area (Å²) in [4.78, 5) is 18.6. The van der Waals surface area contributed by atoms with E-state index in [2.05, 4.69) is 28.4 Å². The average molecular weight is 409 g/mol. The van der Waals surface area contributed by atoms with Gasteiger partial charge in [-0.2, -0.15) is 5.48 Å². The van der Waals surface area contributed by atoms with Gasteiger partial charge in [-0.3, -0.25) is 14.9 Å². The van der Waals surface area contributed by atoms with E-state index in [9.17, 15) is 9.90 Å². The van der Waals surface area contributed by atoms with Crippen molar-refractivity contribution in [3.05, 3.63) is 0 Å². The highest BCUT2D eigenvalue weighted by molar-refractivity contribution is 5.79. The SMILES string of the molecule is CCC1NC(C2CCC3C(CC[C@H]3NC(=O)C3CCNC(C(C)(C)O)C3)C2)NO1. The average Bonchev–Trinajstić information content (AvgIpc) is 3.34. The standard InChI is InChI=1S/C22H40N4O3/c1-4-19-25-20(26-29-19)14-5-7-16-13(11-14)6-8-17(16)24-21(27)15-9-10-23-18(12-15)22(2,3)28/h13-20,23,25-26,28H,4-12H2,1-3H3,(H,24,27)/t13?,14?,15?,16?,17-,18?,19?,20?/m1/s1. The fraction of sp³-hybridized carbons (Fsp3) is 0.955. The Morgan fingerprint density at radius 2 is 1.93 bits per heavy atom. The minimum atomic E-state index is -0.793. The Balaban J connectivity index is 1.28. The molecule has 0 bridgehead atoms. The summed E-state index contributed by atoms with van der Waals surface area (Å²) in [6.07, 6.45) is 8.87. The van der Waals surface area contributed by atoms with Crippen LogP contribution >= 0.6 is 0 Å². The number of hydroxylamine groups is 1. The normalized spacial score (nSPS) is 43.2. The van der Waals surface area contributed by atoms with Gasteiger partial charge in [-0.05, 0) is 89.5 Å². The molecule has 7 unspecified atom stereocenters. The molecule has 4 rings (SSSR count). The van der Waals surface area contributed by atoms with Crippen LogP contribution in [0.4, 0.5) is 0 Å². The monoisotopic (exact) mass is 408 g/mol. The number of hydrogen-bond acceptors (Lipinski definition) is 6. The molecule has 7 nitrogen and oxygen atoms in total. The number of aliphatic hydroxyl groups is 1. The zero-order valence-electron chi connectivity index (χ0n) is 18.2. The Bertz CT molecular complexity index is 581. The van der Waals surface area contributed by atoms with Crippen molar-refractivity contribution in [3.8, 4) is 0 Å². The van der Waals surface area contributed by atoms with Crippen molar-refractivity contribution >= 4 is 5.91 Å². The summed E-state index contributed by atoms with van der Waals surface area (Å²) in [7, 11) is 0. The van der Waals surface area contributed by atoms with Gasteiger partial charge in [-0.1, -0.05) is 6.92 Å². The number of carbonyl (C=O) groups excluding carboxylic acids is 1. The molecule has 7 heteroatoms. The van der Waals surface area contributed by atoms with E-state index in [0.29, 0.717) is 23.8 Å². The first-order chi connectivity index (χ1) is 13.8. The molecule has 2 aliphatic carbocycles. The molecule has 0 radical (unpaired) electrons. The maximum absolute atomic E-state index is 13.0. The number of hydrogen-bond donors (Lipinski definition) is 5. The summed E-state index contributed by atoms with van der Waals surface area (Å²) >= 11 is 0. The molecule has 29 heavy (non-hydrogen) atoms. The molecule has 4 fully saturated rings. The van der Waals surface area contributed by atoms with Gasteiger partial charge in [-0.15, -0.1) is 0 Å². The molecular weight excluding hydrogens is 368 g/mol. The third-order valence-electron chi connectivity index (χ3n) is 7.95. The highest BCUT2D eigenvalue weighted by atomic mass is 16.7. The number of amides is 1. The van der Waals surface area contributed by atoms with Crippen LogP contribution in [0, 0.1) is 23.7 Å². The van der Waals surface area contributed by atoms with E-state index in [4.69, 9.17) is 4.84 Å².